The molecule has 0 aliphatic heterocycles. The maximum absolute atomic E-state index is 12.9. The van der Waals surface area contributed by atoms with E-state index < -0.39 is 5.97 Å². The standard InChI is InChI=1S/C19H22N6O3/c26-18(17-13-16(19(27)28)3-4-22-17)25(9-1-7-23-11-5-20-14-23)10-2-8-24-12-6-21-15-24/h3-6,11-15H,1-2,7-10H2,(H,27,28). The van der Waals surface area contributed by atoms with Crippen molar-refractivity contribution in [3.05, 3.63) is 67.0 Å². The van der Waals surface area contributed by atoms with Crippen LogP contribution in [0.2, 0.25) is 0 Å². The number of rotatable bonds is 10. The monoisotopic (exact) mass is 382 g/mol. The van der Waals surface area contributed by atoms with E-state index in [1.807, 2.05) is 21.5 Å². The second kappa shape index (κ2) is 9.45. The van der Waals surface area contributed by atoms with Gasteiger partial charge in [0.05, 0.1) is 18.2 Å². The quantitative estimate of drug-likeness (QED) is 0.573. The fraction of sp³-hybridized carbons (Fsp3) is 0.316. The van der Waals surface area contributed by atoms with Gasteiger partial charge in [0.1, 0.15) is 5.69 Å². The Morgan fingerprint density at radius 3 is 2.07 bits per heavy atom. The lowest BCUT2D eigenvalue weighted by Gasteiger charge is -2.23. The van der Waals surface area contributed by atoms with E-state index in [0.29, 0.717) is 13.1 Å². The summed E-state index contributed by atoms with van der Waals surface area (Å²) in [6, 6.07) is 2.70. The van der Waals surface area contributed by atoms with E-state index in [1.165, 1.54) is 18.3 Å². The zero-order valence-corrected chi connectivity index (χ0v) is 15.4. The number of carboxylic acids is 1. The van der Waals surface area contributed by atoms with E-state index in [4.69, 9.17) is 5.11 Å². The number of nitrogens with zero attached hydrogens (tertiary/aromatic N) is 6. The van der Waals surface area contributed by atoms with Crippen LogP contribution in [0.1, 0.15) is 33.7 Å². The molecule has 0 saturated heterocycles. The number of carboxylic acid groups (broad SMARTS) is 1. The molecule has 28 heavy (non-hydrogen) atoms. The van der Waals surface area contributed by atoms with Crippen molar-refractivity contribution in [1.82, 2.24) is 29.0 Å². The summed E-state index contributed by atoms with van der Waals surface area (Å²) in [6.07, 6.45) is 13.5. The maximum Gasteiger partial charge on any atom is 0.335 e. The fourth-order valence-electron chi connectivity index (χ4n) is 2.88. The lowest BCUT2D eigenvalue weighted by Crippen LogP contribution is -2.34. The number of pyridine rings is 1. The van der Waals surface area contributed by atoms with Crippen LogP contribution in [-0.4, -0.2) is 59.1 Å². The summed E-state index contributed by atoms with van der Waals surface area (Å²) in [5.41, 5.74) is 0.195. The highest BCUT2D eigenvalue weighted by atomic mass is 16.4. The summed E-state index contributed by atoms with van der Waals surface area (Å²) < 4.78 is 3.91. The van der Waals surface area contributed by atoms with Gasteiger partial charge in [-0.3, -0.25) is 9.78 Å². The minimum absolute atomic E-state index is 0.0510. The second-order valence-corrected chi connectivity index (χ2v) is 6.34. The molecule has 3 rings (SSSR count). The molecule has 146 valence electrons. The molecule has 1 N–H and O–H groups in total. The Hall–Kier alpha value is -3.49. The van der Waals surface area contributed by atoms with Crippen LogP contribution < -0.4 is 0 Å². The van der Waals surface area contributed by atoms with Crippen LogP contribution in [-0.2, 0) is 13.1 Å². The van der Waals surface area contributed by atoms with E-state index in [2.05, 4.69) is 15.0 Å². The SMILES string of the molecule is O=C(O)c1ccnc(C(=O)N(CCCn2ccnc2)CCCn2ccnc2)c1. The number of hydrogen-bond acceptors (Lipinski definition) is 5. The summed E-state index contributed by atoms with van der Waals surface area (Å²) >= 11 is 0. The van der Waals surface area contributed by atoms with E-state index in [9.17, 15) is 9.59 Å². The normalized spacial score (nSPS) is 10.7. The molecule has 9 heteroatoms. The molecule has 0 atom stereocenters. The summed E-state index contributed by atoms with van der Waals surface area (Å²) in [7, 11) is 0. The Balaban J connectivity index is 1.65. The zero-order valence-electron chi connectivity index (χ0n) is 15.4. The van der Waals surface area contributed by atoms with Gasteiger partial charge in [-0.2, -0.15) is 0 Å². The Morgan fingerprint density at radius 1 is 0.964 bits per heavy atom. The molecule has 0 saturated carbocycles. The molecule has 0 spiro atoms. The second-order valence-electron chi connectivity index (χ2n) is 6.34. The first-order chi connectivity index (χ1) is 13.6. The van der Waals surface area contributed by atoms with Gasteiger partial charge < -0.3 is 19.1 Å². The Labute approximate surface area is 162 Å². The largest absolute Gasteiger partial charge is 0.478 e. The zero-order chi connectivity index (χ0) is 19.8. The molecule has 3 aromatic rings. The van der Waals surface area contributed by atoms with Gasteiger partial charge in [0.25, 0.3) is 5.91 Å². The van der Waals surface area contributed by atoms with E-state index in [-0.39, 0.29) is 17.2 Å². The van der Waals surface area contributed by atoms with Crippen molar-refractivity contribution in [2.45, 2.75) is 25.9 Å². The number of amides is 1. The average Bonchev–Trinajstić information content (AvgIpc) is 3.40. The molecule has 0 unspecified atom stereocenters. The van der Waals surface area contributed by atoms with Crippen LogP contribution in [0.5, 0.6) is 0 Å². The molecule has 0 aromatic carbocycles. The van der Waals surface area contributed by atoms with Crippen LogP contribution in [0.25, 0.3) is 0 Å². The molecule has 0 fully saturated rings. The summed E-state index contributed by atoms with van der Waals surface area (Å²) in [5.74, 6) is -1.34. The number of aromatic nitrogens is 5. The summed E-state index contributed by atoms with van der Waals surface area (Å²) in [5, 5.41) is 9.15. The predicted octanol–water partition coefficient (Wildman–Crippen LogP) is 1.80. The molecule has 0 aliphatic rings. The van der Waals surface area contributed by atoms with Gasteiger partial charge in [-0.25, -0.2) is 14.8 Å². The maximum atomic E-state index is 12.9. The van der Waals surface area contributed by atoms with Gasteiger partial charge in [0.15, 0.2) is 0 Å². The molecular formula is C19H22N6O3. The minimum Gasteiger partial charge on any atom is -0.478 e. The van der Waals surface area contributed by atoms with Crippen LogP contribution in [0.4, 0.5) is 0 Å². The minimum atomic E-state index is -1.08. The van der Waals surface area contributed by atoms with Crippen molar-refractivity contribution in [3.8, 4) is 0 Å². The third-order valence-electron chi connectivity index (χ3n) is 4.32. The summed E-state index contributed by atoms with van der Waals surface area (Å²) in [6.45, 7) is 2.57. The molecule has 9 nitrogen and oxygen atoms in total. The molecule has 1 amide bonds. The smallest absolute Gasteiger partial charge is 0.335 e. The van der Waals surface area contributed by atoms with Crippen LogP contribution in [0.15, 0.2) is 55.8 Å². The number of carbonyl (C=O) groups is 2. The molecule has 3 aromatic heterocycles. The first-order valence-corrected chi connectivity index (χ1v) is 9.03. The van der Waals surface area contributed by atoms with Gasteiger partial charge in [-0.05, 0) is 25.0 Å². The lowest BCUT2D eigenvalue weighted by atomic mass is 10.2. The number of imidazole rings is 2. The number of aryl methyl sites for hydroxylation is 2. The fourth-order valence-corrected chi connectivity index (χ4v) is 2.88. The van der Waals surface area contributed by atoms with E-state index in [1.54, 1.807) is 29.9 Å². The van der Waals surface area contributed by atoms with Crippen LogP contribution in [0, 0.1) is 0 Å². The first-order valence-electron chi connectivity index (χ1n) is 9.03. The molecule has 0 bridgehead atoms. The van der Waals surface area contributed by atoms with Crippen molar-refractivity contribution in [2.75, 3.05) is 13.1 Å². The molecule has 0 aliphatic carbocycles. The van der Waals surface area contributed by atoms with Crippen molar-refractivity contribution in [1.29, 1.82) is 0 Å². The van der Waals surface area contributed by atoms with Gasteiger partial charge in [-0.1, -0.05) is 0 Å². The number of hydrogen-bond donors (Lipinski definition) is 1. The lowest BCUT2D eigenvalue weighted by molar-refractivity contribution is 0.0696. The molecule has 0 radical (unpaired) electrons. The van der Waals surface area contributed by atoms with Crippen LogP contribution in [0.3, 0.4) is 0 Å². The van der Waals surface area contributed by atoms with Crippen molar-refractivity contribution < 1.29 is 14.7 Å². The van der Waals surface area contributed by atoms with Gasteiger partial charge in [0.2, 0.25) is 0 Å². The topological polar surface area (TPSA) is 106 Å². The number of aromatic carboxylic acids is 1. The third-order valence-corrected chi connectivity index (χ3v) is 4.32. The first kappa shape index (κ1) is 19.3. The molecular weight excluding hydrogens is 360 g/mol. The van der Waals surface area contributed by atoms with Crippen LogP contribution >= 0.6 is 0 Å². The summed E-state index contributed by atoms with van der Waals surface area (Å²) in [4.78, 5) is 37.9. The van der Waals surface area contributed by atoms with Crippen molar-refractivity contribution in [2.24, 2.45) is 0 Å². The highest BCUT2D eigenvalue weighted by Gasteiger charge is 2.18. The van der Waals surface area contributed by atoms with Crippen molar-refractivity contribution >= 4 is 11.9 Å². The Bertz CT molecular complexity index is 852. The highest BCUT2D eigenvalue weighted by molar-refractivity contribution is 5.95. The molecule has 3 heterocycles. The van der Waals surface area contributed by atoms with Gasteiger partial charge >= 0.3 is 5.97 Å². The van der Waals surface area contributed by atoms with E-state index >= 15 is 0 Å². The van der Waals surface area contributed by atoms with Gasteiger partial charge in [-0.15, -0.1) is 0 Å². The predicted molar refractivity (Wildman–Crippen MR) is 101 cm³/mol. The van der Waals surface area contributed by atoms with E-state index in [0.717, 1.165) is 25.9 Å². The Morgan fingerprint density at radius 2 is 1.57 bits per heavy atom. The Kier molecular flexibility index (Phi) is 6.50. The van der Waals surface area contributed by atoms with Crippen molar-refractivity contribution in [3.63, 3.8) is 0 Å². The van der Waals surface area contributed by atoms with Gasteiger partial charge in [0, 0.05) is 57.2 Å². The third kappa shape index (κ3) is 5.26. The average molecular weight is 382 g/mol. The highest BCUT2D eigenvalue weighted by Crippen LogP contribution is 2.08. The number of carbonyl (C=O) groups excluding carboxylic acids is 1.